The SMILES string of the molecule is Cl.O=C(CC1CCc2ccccc2C1)N1CCC(N2CCNCC2)C1. The number of benzene rings is 1. The van der Waals surface area contributed by atoms with E-state index in [4.69, 9.17) is 0 Å². The number of likely N-dealkylation sites (tertiary alicyclic amines) is 1. The Morgan fingerprint density at radius 3 is 2.64 bits per heavy atom. The smallest absolute Gasteiger partial charge is 0.222 e. The molecule has 4 rings (SSSR count). The summed E-state index contributed by atoms with van der Waals surface area (Å²) in [5, 5.41) is 3.41. The average Bonchev–Trinajstić information content (AvgIpc) is 3.13. The minimum absolute atomic E-state index is 0. The lowest BCUT2D eigenvalue weighted by atomic mass is 9.82. The number of hydrogen-bond donors (Lipinski definition) is 1. The first-order valence-electron chi connectivity index (χ1n) is 9.59. The number of nitrogens with one attached hydrogen (secondary N) is 1. The lowest BCUT2D eigenvalue weighted by Crippen LogP contribution is -2.49. The van der Waals surface area contributed by atoms with Crippen molar-refractivity contribution in [2.45, 2.75) is 38.1 Å². The fourth-order valence-corrected chi connectivity index (χ4v) is 4.64. The monoisotopic (exact) mass is 363 g/mol. The summed E-state index contributed by atoms with van der Waals surface area (Å²) in [6, 6.07) is 9.32. The van der Waals surface area contributed by atoms with Crippen molar-refractivity contribution in [3.8, 4) is 0 Å². The van der Waals surface area contributed by atoms with Crippen molar-refractivity contribution in [1.82, 2.24) is 15.1 Å². The molecular weight excluding hydrogens is 334 g/mol. The van der Waals surface area contributed by atoms with Crippen molar-refractivity contribution in [3.63, 3.8) is 0 Å². The van der Waals surface area contributed by atoms with E-state index < -0.39 is 0 Å². The van der Waals surface area contributed by atoms with Gasteiger partial charge in [-0.3, -0.25) is 9.69 Å². The van der Waals surface area contributed by atoms with Gasteiger partial charge in [-0.05, 0) is 42.7 Å². The van der Waals surface area contributed by atoms with Gasteiger partial charge in [-0.25, -0.2) is 0 Å². The van der Waals surface area contributed by atoms with E-state index in [0.717, 1.165) is 71.4 Å². The van der Waals surface area contributed by atoms with Crippen LogP contribution in [0.5, 0.6) is 0 Å². The molecule has 4 nitrogen and oxygen atoms in total. The van der Waals surface area contributed by atoms with Crippen LogP contribution < -0.4 is 5.32 Å². The molecule has 0 radical (unpaired) electrons. The predicted octanol–water partition coefficient (Wildman–Crippen LogP) is 2.11. The van der Waals surface area contributed by atoms with E-state index in [-0.39, 0.29) is 12.4 Å². The largest absolute Gasteiger partial charge is 0.341 e. The molecule has 0 saturated carbocycles. The first-order chi connectivity index (χ1) is 11.8. The van der Waals surface area contributed by atoms with E-state index in [1.165, 1.54) is 11.1 Å². The Balaban J connectivity index is 0.00000182. The second kappa shape index (κ2) is 8.52. The van der Waals surface area contributed by atoms with E-state index in [1.54, 1.807) is 0 Å². The maximum atomic E-state index is 12.7. The lowest BCUT2D eigenvalue weighted by molar-refractivity contribution is -0.131. The summed E-state index contributed by atoms with van der Waals surface area (Å²) in [6.07, 6.45) is 5.27. The van der Waals surface area contributed by atoms with Crippen LogP contribution in [0, 0.1) is 5.92 Å². The molecule has 1 N–H and O–H groups in total. The van der Waals surface area contributed by atoms with Crippen molar-refractivity contribution in [3.05, 3.63) is 35.4 Å². The quantitative estimate of drug-likeness (QED) is 0.893. The maximum absolute atomic E-state index is 12.7. The van der Waals surface area contributed by atoms with Crippen LogP contribution in [0.4, 0.5) is 0 Å². The molecule has 1 aromatic rings. The van der Waals surface area contributed by atoms with Gasteiger partial charge in [-0.1, -0.05) is 24.3 Å². The molecule has 2 aliphatic heterocycles. The van der Waals surface area contributed by atoms with Crippen molar-refractivity contribution in [1.29, 1.82) is 0 Å². The first kappa shape index (κ1) is 18.7. The average molecular weight is 364 g/mol. The molecule has 5 heteroatoms. The summed E-state index contributed by atoms with van der Waals surface area (Å²) in [4.78, 5) is 17.5. The van der Waals surface area contributed by atoms with Crippen molar-refractivity contribution >= 4 is 18.3 Å². The Kier molecular flexibility index (Phi) is 6.37. The van der Waals surface area contributed by atoms with Crippen molar-refractivity contribution in [2.24, 2.45) is 5.92 Å². The zero-order chi connectivity index (χ0) is 16.4. The molecule has 2 unspecified atom stereocenters. The molecule has 1 aromatic carbocycles. The van der Waals surface area contributed by atoms with Crippen LogP contribution in [0.3, 0.4) is 0 Å². The predicted molar refractivity (Wildman–Crippen MR) is 103 cm³/mol. The number of hydrogen-bond acceptors (Lipinski definition) is 3. The summed E-state index contributed by atoms with van der Waals surface area (Å²) in [6.45, 7) is 6.34. The van der Waals surface area contributed by atoms with E-state index in [1.807, 2.05) is 0 Å². The molecule has 2 atom stereocenters. The Morgan fingerprint density at radius 2 is 1.84 bits per heavy atom. The normalized spacial score (nSPS) is 26.8. The van der Waals surface area contributed by atoms with Crippen molar-refractivity contribution < 1.29 is 4.79 Å². The topological polar surface area (TPSA) is 35.6 Å². The zero-order valence-electron chi connectivity index (χ0n) is 15.0. The number of nitrogens with zero attached hydrogens (tertiary/aromatic N) is 2. The number of rotatable bonds is 3. The van der Waals surface area contributed by atoms with E-state index in [9.17, 15) is 4.79 Å². The van der Waals surface area contributed by atoms with Crippen LogP contribution in [0.2, 0.25) is 0 Å². The summed E-state index contributed by atoms with van der Waals surface area (Å²) >= 11 is 0. The van der Waals surface area contributed by atoms with Gasteiger partial charge in [0.1, 0.15) is 0 Å². The third kappa shape index (κ3) is 4.36. The highest BCUT2D eigenvalue weighted by Crippen LogP contribution is 2.28. The lowest BCUT2D eigenvalue weighted by Gasteiger charge is -2.32. The van der Waals surface area contributed by atoms with Crippen LogP contribution in [-0.4, -0.2) is 61.0 Å². The molecule has 2 saturated heterocycles. The maximum Gasteiger partial charge on any atom is 0.222 e. The summed E-state index contributed by atoms with van der Waals surface area (Å²) in [5.74, 6) is 0.919. The molecular formula is C20H30ClN3O. The second-order valence-corrected chi connectivity index (χ2v) is 7.65. The minimum atomic E-state index is 0. The minimum Gasteiger partial charge on any atom is -0.341 e. The van der Waals surface area contributed by atoms with Gasteiger partial charge in [-0.2, -0.15) is 0 Å². The Labute approximate surface area is 157 Å². The number of fused-ring (bicyclic) bond motifs is 1. The van der Waals surface area contributed by atoms with Crippen LogP contribution in [0.1, 0.15) is 30.4 Å². The third-order valence-electron chi connectivity index (χ3n) is 6.10. The van der Waals surface area contributed by atoms with Gasteiger partial charge >= 0.3 is 0 Å². The zero-order valence-corrected chi connectivity index (χ0v) is 15.8. The number of halogens is 1. The van der Waals surface area contributed by atoms with Gasteiger partial charge in [0.2, 0.25) is 5.91 Å². The Bertz CT molecular complexity index is 588. The summed E-state index contributed by atoms with van der Waals surface area (Å²) in [7, 11) is 0. The van der Waals surface area contributed by atoms with Gasteiger partial charge in [0.15, 0.2) is 0 Å². The molecule has 0 aromatic heterocycles. The highest BCUT2D eigenvalue weighted by atomic mass is 35.5. The molecule has 1 aliphatic carbocycles. The van der Waals surface area contributed by atoms with Crippen LogP contribution in [0.25, 0.3) is 0 Å². The fourth-order valence-electron chi connectivity index (χ4n) is 4.64. The van der Waals surface area contributed by atoms with Crippen LogP contribution >= 0.6 is 12.4 Å². The van der Waals surface area contributed by atoms with Crippen molar-refractivity contribution in [2.75, 3.05) is 39.3 Å². The third-order valence-corrected chi connectivity index (χ3v) is 6.10. The fraction of sp³-hybridized carbons (Fsp3) is 0.650. The molecule has 138 valence electrons. The van der Waals surface area contributed by atoms with E-state index >= 15 is 0 Å². The summed E-state index contributed by atoms with van der Waals surface area (Å²) < 4.78 is 0. The second-order valence-electron chi connectivity index (χ2n) is 7.65. The number of amides is 1. The van der Waals surface area contributed by atoms with Gasteiger partial charge in [0, 0.05) is 51.7 Å². The molecule has 2 fully saturated rings. The molecule has 0 bridgehead atoms. The standard InChI is InChI=1S/C20H29N3O.ClH/c24-20(14-16-5-6-17-3-1-2-4-18(17)13-16)23-10-7-19(15-23)22-11-8-21-9-12-22;/h1-4,16,19,21H,5-15H2;1H. The Morgan fingerprint density at radius 1 is 1.08 bits per heavy atom. The molecule has 0 spiro atoms. The molecule has 3 aliphatic rings. The van der Waals surface area contributed by atoms with Gasteiger partial charge < -0.3 is 10.2 Å². The summed E-state index contributed by atoms with van der Waals surface area (Å²) in [5.41, 5.74) is 2.95. The van der Waals surface area contributed by atoms with Gasteiger partial charge in [0.05, 0.1) is 0 Å². The molecule has 1 amide bonds. The molecule has 25 heavy (non-hydrogen) atoms. The number of carbonyl (C=O) groups is 1. The van der Waals surface area contributed by atoms with Gasteiger partial charge in [-0.15, -0.1) is 12.4 Å². The molecule has 2 heterocycles. The van der Waals surface area contributed by atoms with E-state index in [0.29, 0.717) is 17.9 Å². The number of carbonyl (C=O) groups excluding carboxylic acids is 1. The van der Waals surface area contributed by atoms with Crippen LogP contribution in [-0.2, 0) is 17.6 Å². The number of aryl methyl sites for hydroxylation is 1. The first-order valence-corrected chi connectivity index (χ1v) is 9.59. The van der Waals surface area contributed by atoms with E-state index in [2.05, 4.69) is 39.4 Å². The highest BCUT2D eigenvalue weighted by Gasteiger charge is 2.32. The van der Waals surface area contributed by atoms with Crippen LogP contribution in [0.15, 0.2) is 24.3 Å². The number of piperazine rings is 1. The Hall–Kier alpha value is -1.10. The van der Waals surface area contributed by atoms with Gasteiger partial charge in [0.25, 0.3) is 0 Å². The highest BCUT2D eigenvalue weighted by molar-refractivity contribution is 5.85.